The molecule has 2 heterocycles. The Morgan fingerprint density at radius 2 is 1.85 bits per heavy atom. The quantitative estimate of drug-likeness (QED) is 0.187. The molecule has 14 heteroatoms. The molecule has 0 aromatic heterocycles. The number of hydrogen-bond acceptors (Lipinski definition) is 9. The summed E-state index contributed by atoms with van der Waals surface area (Å²) in [6, 6.07) is 13.5. The van der Waals surface area contributed by atoms with E-state index in [9.17, 15) is 23.1 Å². The van der Waals surface area contributed by atoms with E-state index in [1.165, 1.54) is 25.0 Å². The lowest BCUT2D eigenvalue weighted by Gasteiger charge is -2.34. The van der Waals surface area contributed by atoms with Gasteiger partial charge in [-0.2, -0.15) is 4.31 Å². The molecule has 2 aromatic rings. The maximum Gasteiger partial charge on any atom is 0.408 e. The monoisotopic (exact) mass is 690 g/mol. The number of carbonyl (C=O) groups excluding carboxylic acids is 2. The molecule has 2 fully saturated rings. The van der Waals surface area contributed by atoms with Crippen LogP contribution in [-0.2, 0) is 37.2 Å². The summed E-state index contributed by atoms with van der Waals surface area (Å²) in [5.41, 5.74) is 1.09. The third kappa shape index (κ3) is 9.59. The van der Waals surface area contributed by atoms with Crippen molar-refractivity contribution >= 4 is 22.1 Å². The molecule has 5 atom stereocenters. The minimum atomic E-state index is -4.32. The van der Waals surface area contributed by atoms with Crippen molar-refractivity contribution in [1.82, 2.24) is 19.8 Å². The highest BCUT2D eigenvalue weighted by Gasteiger charge is 2.44. The molecular weight excluding hydrogens is 640 g/mol. The average Bonchev–Trinajstić information content (AvgIpc) is 3.66. The molecule has 13 nitrogen and oxygen atoms in total. The Hall–Kier alpha value is -3.43. The summed E-state index contributed by atoms with van der Waals surface area (Å²) >= 11 is 0. The Kier molecular flexibility index (Phi) is 12.7. The highest BCUT2D eigenvalue weighted by atomic mass is 32.2. The van der Waals surface area contributed by atoms with Gasteiger partial charge in [-0.1, -0.05) is 44.2 Å². The second-order valence-corrected chi connectivity index (χ2v) is 15.3. The van der Waals surface area contributed by atoms with Crippen molar-refractivity contribution < 1.29 is 42.1 Å². The molecule has 2 saturated heterocycles. The number of fused-ring (bicyclic) bond motifs is 1. The Labute approximate surface area is 283 Å². The van der Waals surface area contributed by atoms with Crippen LogP contribution >= 0.6 is 0 Å². The number of methoxy groups -OCH3 is 1. The van der Waals surface area contributed by atoms with Gasteiger partial charge >= 0.3 is 12.1 Å². The Bertz CT molecular complexity index is 1490. The summed E-state index contributed by atoms with van der Waals surface area (Å²) in [6.45, 7) is 6.64. The molecule has 2 aromatic carbocycles. The summed E-state index contributed by atoms with van der Waals surface area (Å²) in [6.07, 6.45) is -1.84. The maximum atomic E-state index is 14.5. The van der Waals surface area contributed by atoms with Crippen molar-refractivity contribution in [2.24, 2.45) is 11.3 Å². The van der Waals surface area contributed by atoms with E-state index in [1.54, 1.807) is 50.5 Å². The van der Waals surface area contributed by atoms with E-state index in [0.29, 0.717) is 42.9 Å². The van der Waals surface area contributed by atoms with Crippen molar-refractivity contribution in [3.8, 4) is 5.75 Å². The molecule has 4 rings (SSSR count). The van der Waals surface area contributed by atoms with E-state index in [-0.39, 0.29) is 35.4 Å². The molecule has 0 unspecified atom stereocenters. The van der Waals surface area contributed by atoms with Crippen molar-refractivity contribution in [2.45, 2.75) is 82.6 Å². The molecule has 0 saturated carbocycles. The number of carbonyl (C=O) groups is 2. The van der Waals surface area contributed by atoms with E-state index in [4.69, 9.17) is 18.9 Å². The van der Waals surface area contributed by atoms with E-state index < -0.39 is 40.8 Å². The second kappa shape index (κ2) is 16.3. The van der Waals surface area contributed by atoms with Gasteiger partial charge in [0.2, 0.25) is 10.0 Å². The summed E-state index contributed by atoms with van der Waals surface area (Å²) in [5, 5.41) is 16.4. The van der Waals surface area contributed by atoms with Gasteiger partial charge < -0.3 is 39.6 Å². The van der Waals surface area contributed by atoms with E-state index >= 15 is 0 Å². The Balaban J connectivity index is 1.58. The predicted octanol–water partition coefficient (Wildman–Crippen LogP) is 3.70. The van der Waals surface area contributed by atoms with Crippen molar-refractivity contribution in [3.05, 3.63) is 59.7 Å². The number of ether oxygens (including phenoxy) is 4. The van der Waals surface area contributed by atoms with Crippen molar-refractivity contribution in [2.75, 3.05) is 41.0 Å². The number of alkyl carbamates (subject to hydrolysis) is 1. The van der Waals surface area contributed by atoms with Crippen LogP contribution in [-0.4, -0.2) is 100 Å². The Morgan fingerprint density at radius 3 is 2.52 bits per heavy atom. The zero-order chi connectivity index (χ0) is 35.1. The first-order chi connectivity index (χ1) is 22.7. The topological polar surface area (TPSA) is 156 Å². The fourth-order valence-corrected chi connectivity index (χ4v) is 7.73. The predicted molar refractivity (Wildman–Crippen MR) is 179 cm³/mol. The van der Waals surface area contributed by atoms with E-state index in [0.717, 1.165) is 17.1 Å². The van der Waals surface area contributed by atoms with Crippen LogP contribution in [0.3, 0.4) is 0 Å². The summed E-state index contributed by atoms with van der Waals surface area (Å²) in [5.74, 6) is 0.433. The molecular formula is C34H50N4O9S. The van der Waals surface area contributed by atoms with Crippen LogP contribution < -0.4 is 15.4 Å². The molecule has 3 N–H and O–H groups in total. The van der Waals surface area contributed by atoms with Crippen molar-refractivity contribution in [1.29, 1.82) is 0 Å². The molecule has 0 bridgehead atoms. The summed E-state index contributed by atoms with van der Waals surface area (Å²) < 4.78 is 52.5. The third-order valence-electron chi connectivity index (χ3n) is 8.70. The van der Waals surface area contributed by atoms with Gasteiger partial charge in [0, 0.05) is 27.2 Å². The van der Waals surface area contributed by atoms with Crippen LogP contribution in [0.2, 0.25) is 0 Å². The van der Waals surface area contributed by atoms with Gasteiger partial charge in [0.15, 0.2) is 6.29 Å². The zero-order valence-electron chi connectivity index (χ0n) is 28.7. The second-order valence-electron chi connectivity index (χ2n) is 13.4. The molecule has 0 aliphatic carbocycles. The number of aliphatic hydroxyl groups is 1. The first kappa shape index (κ1) is 37.4. The van der Waals surface area contributed by atoms with Gasteiger partial charge in [-0.15, -0.1) is 0 Å². The molecule has 2 aliphatic rings. The highest BCUT2D eigenvalue weighted by Crippen LogP contribution is 2.35. The first-order valence-corrected chi connectivity index (χ1v) is 17.7. The molecule has 0 spiro atoms. The zero-order valence-corrected chi connectivity index (χ0v) is 29.5. The number of rotatable bonds is 15. The molecule has 0 radical (unpaired) electrons. The maximum absolute atomic E-state index is 14.5. The van der Waals surface area contributed by atoms with Crippen LogP contribution in [0.15, 0.2) is 53.4 Å². The smallest absolute Gasteiger partial charge is 0.408 e. The standard InChI is InChI=1S/C34H50N4O9S/c1-23(39)30(36-33(41)47-29-22-46-31-27(29)15-18-45-31)38(21-24-11-8-7-9-12-24)48(42,43)26-13-14-28(44-6)25(19-26)20-34(2,3)16-10-17-35-32(40)37(4)5/h7-9,11-14,19,23,27,29-31,39H,10,15-18,20-22H2,1-6H3,(H,35,40)(H,36,41)/t23-,27+,29+,30+,31-/m1/s1. The Morgan fingerprint density at radius 1 is 1.12 bits per heavy atom. The minimum absolute atomic E-state index is 0.0146. The lowest BCUT2D eigenvalue weighted by atomic mass is 9.81. The first-order valence-electron chi connectivity index (χ1n) is 16.3. The number of nitrogens with zero attached hydrogens (tertiary/aromatic N) is 2. The highest BCUT2D eigenvalue weighted by molar-refractivity contribution is 7.89. The van der Waals surface area contributed by atoms with E-state index in [1.807, 2.05) is 6.07 Å². The molecule has 266 valence electrons. The van der Waals surface area contributed by atoms with Crippen LogP contribution in [0.5, 0.6) is 5.75 Å². The van der Waals surface area contributed by atoms with Gasteiger partial charge in [0.1, 0.15) is 18.0 Å². The van der Waals surface area contributed by atoms with Crippen LogP contribution in [0.1, 0.15) is 51.2 Å². The van der Waals surface area contributed by atoms with Gasteiger partial charge in [0.05, 0.1) is 37.2 Å². The number of urea groups is 1. The fraction of sp³-hybridized carbons (Fsp3) is 0.588. The van der Waals surface area contributed by atoms with Crippen LogP contribution in [0, 0.1) is 11.3 Å². The third-order valence-corrected chi connectivity index (χ3v) is 10.5. The number of benzene rings is 2. The summed E-state index contributed by atoms with van der Waals surface area (Å²) in [4.78, 5) is 26.5. The lowest BCUT2D eigenvalue weighted by molar-refractivity contribution is -0.0907. The fourth-order valence-electron chi connectivity index (χ4n) is 6.08. The van der Waals surface area contributed by atoms with Gasteiger partial charge in [-0.3, -0.25) is 0 Å². The van der Waals surface area contributed by atoms with E-state index in [2.05, 4.69) is 24.5 Å². The normalized spacial score (nSPS) is 20.5. The SMILES string of the molecule is COc1ccc(S(=O)(=O)N(Cc2ccccc2)[C@H](NC(=O)O[C@H]2CO[C@H]3OCC[C@H]32)[C@@H](C)O)cc1CC(C)(C)CCCNC(=O)N(C)C. The average molecular weight is 691 g/mol. The molecule has 48 heavy (non-hydrogen) atoms. The molecule has 2 aliphatic heterocycles. The number of hydrogen-bond donors (Lipinski definition) is 3. The number of sulfonamides is 1. The number of nitrogens with one attached hydrogen (secondary N) is 2. The van der Waals surface area contributed by atoms with Gasteiger partial charge in [-0.05, 0) is 67.3 Å². The van der Waals surface area contributed by atoms with Crippen LogP contribution in [0.4, 0.5) is 9.59 Å². The van der Waals surface area contributed by atoms with Gasteiger partial charge in [0.25, 0.3) is 0 Å². The minimum Gasteiger partial charge on any atom is -0.496 e. The van der Waals surface area contributed by atoms with Crippen LogP contribution in [0.25, 0.3) is 0 Å². The molecule has 3 amide bonds. The lowest BCUT2D eigenvalue weighted by Crippen LogP contribution is -2.56. The number of aliphatic hydroxyl groups excluding tert-OH is 1. The largest absolute Gasteiger partial charge is 0.496 e. The van der Waals surface area contributed by atoms with Gasteiger partial charge in [-0.25, -0.2) is 18.0 Å². The van der Waals surface area contributed by atoms with Crippen molar-refractivity contribution in [3.63, 3.8) is 0 Å². The number of amides is 3. The summed E-state index contributed by atoms with van der Waals surface area (Å²) in [7, 11) is 0.583.